The molecule has 0 aliphatic heterocycles. The van der Waals surface area contributed by atoms with Gasteiger partial charge in [-0.05, 0) is 60.6 Å². The van der Waals surface area contributed by atoms with Crippen molar-refractivity contribution in [1.29, 1.82) is 0 Å². The largest absolute Gasteiger partial charge is 0.228 e. The van der Waals surface area contributed by atoms with E-state index in [1.165, 1.54) is 24.8 Å². The second kappa shape index (κ2) is 3.29. The molecular weight excluding hydrogens is 189 g/mol. The molecular formula is C13H16FN. The molecule has 1 aromatic heterocycles. The van der Waals surface area contributed by atoms with Crippen LogP contribution in [0.3, 0.4) is 0 Å². The molecule has 15 heavy (non-hydrogen) atoms. The van der Waals surface area contributed by atoms with Gasteiger partial charge in [-0.2, -0.15) is 4.39 Å². The Hall–Kier alpha value is -0.920. The summed E-state index contributed by atoms with van der Waals surface area (Å²) in [6.45, 7) is 2.36. The average Bonchev–Trinajstić information content (AvgIpc) is 2.76. The fraction of sp³-hybridized carbons (Fsp3) is 0.615. The molecule has 0 N–H and O–H groups in total. The second-order valence-corrected chi connectivity index (χ2v) is 5.22. The van der Waals surface area contributed by atoms with E-state index in [-0.39, 0.29) is 5.95 Å². The highest BCUT2D eigenvalue weighted by Gasteiger charge is 2.44. The quantitative estimate of drug-likeness (QED) is 0.640. The van der Waals surface area contributed by atoms with Crippen LogP contribution in [0.5, 0.6) is 0 Å². The summed E-state index contributed by atoms with van der Waals surface area (Å²) in [7, 11) is 0. The molecule has 0 aromatic carbocycles. The zero-order valence-electron chi connectivity index (χ0n) is 8.99. The number of halogens is 1. The summed E-state index contributed by atoms with van der Waals surface area (Å²) in [5, 5.41) is 0. The van der Waals surface area contributed by atoms with Crippen LogP contribution in [0.2, 0.25) is 0 Å². The van der Waals surface area contributed by atoms with Crippen LogP contribution in [0.25, 0.3) is 0 Å². The predicted octanol–water partition coefficient (Wildman–Crippen LogP) is 3.37. The van der Waals surface area contributed by atoms with Crippen molar-refractivity contribution >= 4 is 0 Å². The third kappa shape index (κ3) is 1.47. The van der Waals surface area contributed by atoms with Crippen LogP contribution in [0, 0.1) is 23.7 Å². The molecule has 0 amide bonds. The Morgan fingerprint density at radius 3 is 2.73 bits per heavy atom. The first kappa shape index (κ1) is 9.32. The molecule has 3 rings (SSSR count). The zero-order chi connectivity index (χ0) is 10.4. The Morgan fingerprint density at radius 2 is 2.13 bits per heavy atom. The van der Waals surface area contributed by atoms with Crippen LogP contribution >= 0.6 is 0 Å². The van der Waals surface area contributed by atoms with Crippen molar-refractivity contribution in [2.45, 2.75) is 32.1 Å². The van der Waals surface area contributed by atoms with Crippen molar-refractivity contribution in [3.8, 4) is 0 Å². The molecule has 0 spiro atoms. The van der Waals surface area contributed by atoms with Gasteiger partial charge in [0.05, 0.1) is 0 Å². The molecule has 2 aliphatic rings. The molecule has 2 bridgehead atoms. The van der Waals surface area contributed by atoms with Crippen molar-refractivity contribution in [2.24, 2.45) is 17.8 Å². The van der Waals surface area contributed by atoms with Crippen LogP contribution in [0.4, 0.5) is 4.39 Å². The number of pyridine rings is 1. The van der Waals surface area contributed by atoms with E-state index in [2.05, 4.69) is 11.9 Å². The van der Waals surface area contributed by atoms with Crippen LogP contribution < -0.4 is 0 Å². The van der Waals surface area contributed by atoms with Crippen molar-refractivity contribution in [3.63, 3.8) is 0 Å². The van der Waals surface area contributed by atoms with Crippen molar-refractivity contribution in [3.05, 3.63) is 29.8 Å². The highest BCUT2D eigenvalue weighted by molar-refractivity contribution is 5.21. The van der Waals surface area contributed by atoms with Crippen molar-refractivity contribution in [2.75, 3.05) is 0 Å². The summed E-state index contributed by atoms with van der Waals surface area (Å²) < 4.78 is 13.0. The molecule has 80 valence electrons. The molecule has 2 heteroatoms. The van der Waals surface area contributed by atoms with Gasteiger partial charge < -0.3 is 0 Å². The topological polar surface area (TPSA) is 12.9 Å². The SMILES string of the molecule is CC1CC2CC1CC2c1ccnc(F)c1. The lowest BCUT2D eigenvalue weighted by atomic mass is 9.80. The van der Waals surface area contributed by atoms with E-state index in [0.717, 1.165) is 17.8 Å². The summed E-state index contributed by atoms with van der Waals surface area (Å²) >= 11 is 0. The lowest BCUT2D eigenvalue weighted by Crippen LogP contribution is -2.14. The Labute approximate surface area is 89.7 Å². The molecule has 1 nitrogen and oxygen atoms in total. The molecule has 1 aromatic rings. The molecule has 0 radical (unpaired) electrons. The zero-order valence-corrected chi connectivity index (χ0v) is 8.99. The molecule has 1 heterocycles. The van der Waals surface area contributed by atoms with Gasteiger partial charge in [0.1, 0.15) is 0 Å². The van der Waals surface area contributed by atoms with Gasteiger partial charge in [-0.15, -0.1) is 0 Å². The van der Waals surface area contributed by atoms with E-state index >= 15 is 0 Å². The van der Waals surface area contributed by atoms with Gasteiger partial charge in [-0.1, -0.05) is 6.92 Å². The first-order chi connectivity index (χ1) is 7.24. The van der Waals surface area contributed by atoms with Gasteiger partial charge in [-0.3, -0.25) is 0 Å². The molecule has 4 unspecified atom stereocenters. The summed E-state index contributed by atoms with van der Waals surface area (Å²) in [6, 6.07) is 3.61. The van der Waals surface area contributed by atoms with E-state index in [4.69, 9.17) is 0 Å². The van der Waals surface area contributed by atoms with Gasteiger partial charge in [0.2, 0.25) is 5.95 Å². The first-order valence-corrected chi connectivity index (χ1v) is 5.85. The highest BCUT2D eigenvalue weighted by Crippen LogP contribution is 2.55. The smallest absolute Gasteiger partial charge is 0.213 e. The number of hydrogen-bond donors (Lipinski definition) is 0. The normalized spacial score (nSPS) is 38.5. The van der Waals surface area contributed by atoms with Crippen molar-refractivity contribution in [1.82, 2.24) is 4.98 Å². The molecule has 2 saturated carbocycles. The maximum atomic E-state index is 13.0. The maximum absolute atomic E-state index is 13.0. The van der Waals surface area contributed by atoms with Gasteiger partial charge in [0, 0.05) is 6.20 Å². The number of fused-ring (bicyclic) bond motifs is 2. The van der Waals surface area contributed by atoms with E-state index in [0.29, 0.717) is 5.92 Å². The van der Waals surface area contributed by atoms with Crippen molar-refractivity contribution < 1.29 is 4.39 Å². The third-order valence-electron chi connectivity index (χ3n) is 4.39. The van der Waals surface area contributed by atoms with Crippen LogP contribution in [-0.4, -0.2) is 4.98 Å². The molecule has 2 aliphatic carbocycles. The van der Waals surface area contributed by atoms with E-state index in [1.807, 2.05) is 6.07 Å². The minimum absolute atomic E-state index is 0.330. The number of rotatable bonds is 1. The molecule has 0 saturated heterocycles. The average molecular weight is 205 g/mol. The summed E-state index contributed by atoms with van der Waals surface area (Å²) in [6.07, 6.45) is 5.55. The fourth-order valence-corrected chi connectivity index (χ4v) is 3.62. The van der Waals surface area contributed by atoms with E-state index in [9.17, 15) is 4.39 Å². The molecule has 4 atom stereocenters. The summed E-state index contributed by atoms with van der Waals surface area (Å²) in [4.78, 5) is 3.62. The Kier molecular flexibility index (Phi) is 2.04. The van der Waals surface area contributed by atoms with Crippen LogP contribution in [-0.2, 0) is 0 Å². The lowest BCUT2D eigenvalue weighted by molar-refractivity contribution is 0.326. The van der Waals surface area contributed by atoms with Gasteiger partial charge in [0.15, 0.2) is 0 Å². The standard InChI is InChI=1S/C13H16FN/c1-8-4-11-5-10(8)6-12(11)9-2-3-15-13(14)7-9/h2-3,7-8,10-12H,4-6H2,1H3. The van der Waals surface area contributed by atoms with Crippen LogP contribution in [0.1, 0.15) is 37.7 Å². The van der Waals surface area contributed by atoms with E-state index < -0.39 is 0 Å². The van der Waals surface area contributed by atoms with Gasteiger partial charge in [-0.25, -0.2) is 4.98 Å². The Balaban J connectivity index is 1.86. The highest BCUT2D eigenvalue weighted by atomic mass is 19.1. The third-order valence-corrected chi connectivity index (χ3v) is 4.39. The predicted molar refractivity (Wildman–Crippen MR) is 56.9 cm³/mol. The van der Waals surface area contributed by atoms with Crippen LogP contribution in [0.15, 0.2) is 18.3 Å². The van der Waals surface area contributed by atoms with Gasteiger partial charge >= 0.3 is 0 Å². The Morgan fingerprint density at radius 1 is 1.27 bits per heavy atom. The minimum Gasteiger partial charge on any atom is -0.228 e. The monoisotopic (exact) mass is 205 g/mol. The molecule has 2 fully saturated rings. The Bertz CT molecular complexity index is 375. The number of aromatic nitrogens is 1. The lowest BCUT2D eigenvalue weighted by Gasteiger charge is -2.25. The minimum atomic E-state index is -0.330. The first-order valence-electron chi connectivity index (χ1n) is 5.85. The second-order valence-electron chi connectivity index (χ2n) is 5.22. The summed E-state index contributed by atoms with van der Waals surface area (Å²) in [5.74, 6) is 2.84. The summed E-state index contributed by atoms with van der Waals surface area (Å²) in [5.41, 5.74) is 1.17. The van der Waals surface area contributed by atoms with E-state index in [1.54, 1.807) is 12.3 Å². The number of hydrogen-bond acceptors (Lipinski definition) is 1. The van der Waals surface area contributed by atoms with Gasteiger partial charge in [0.25, 0.3) is 0 Å². The number of nitrogens with zero attached hydrogens (tertiary/aromatic N) is 1. The maximum Gasteiger partial charge on any atom is 0.213 e. The fourth-order valence-electron chi connectivity index (χ4n) is 3.62.